The van der Waals surface area contributed by atoms with Crippen LogP contribution in [0.1, 0.15) is 48.1 Å². The van der Waals surface area contributed by atoms with Gasteiger partial charge in [-0.15, -0.1) is 0 Å². The van der Waals surface area contributed by atoms with Gasteiger partial charge in [0, 0.05) is 39.5 Å². The van der Waals surface area contributed by atoms with Gasteiger partial charge in [0.25, 0.3) is 0 Å². The predicted octanol–water partition coefficient (Wildman–Crippen LogP) is 8.77. The lowest BCUT2D eigenvalue weighted by Crippen LogP contribution is -1.98. The molecule has 4 heteroatoms. The Kier molecular flexibility index (Phi) is 5.11. The van der Waals surface area contributed by atoms with Gasteiger partial charge in [-0.1, -0.05) is 91.7 Å². The van der Waals surface area contributed by atoms with Gasteiger partial charge in [-0.2, -0.15) is 0 Å². The van der Waals surface area contributed by atoms with Crippen LogP contribution in [0.15, 0.2) is 73.3 Å². The minimum Gasteiger partial charge on any atom is -0.357 e. The van der Waals surface area contributed by atoms with E-state index in [0.717, 1.165) is 38.6 Å². The summed E-state index contributed by atoms with van der Waals surface area (Å²) < 4.78 is 0. The maximum Gasteiger partial charge on any atom is 0.0695 e. The van der Waals surface area contributed by atoms with Gasteiger partial charge in [-0.3, -0.25) is 0 Å². The zero-order valence-corrected chi connectivity index (χ0v) is 20.0. The molecule has 3 aromatic carbocycles. The van der Waals surface area contributed by atoms with E-state index in [-0.39, 0.29) is 5.41 Å². The summed E-state index contributed by atoms with van der Waals surface area (Å²) in [5.41, 5.74) is 7.43. The number of nitrogens with one attached hydrogen (secondary N) is 2. The number of halogens is 2. The largest absolute Gasteiger partial charge is 0.357 e. The van der Waals surface area contributed by atoms with Crippen LogP contribution in [-0.4, -0.2) is 4.98 Å². The number of anilines is 1. The molecule has 1 aliphatic rings. The predicted molar refractivity (Wildman–Crippen MR) is 138 cm³/mol. The number of rotatable bonds is 5. The molecule has 2 unspecified atom stereocenters. The van der Waals surface area contributed by atoms with Crippen molar-refractivity contribution in [2.45, 2.75) is 32.6 Å². The molecule has 1 fully saturated rings. The smallest absolute Gasteiger partial charge is 0.0695 e. The van der Waals surface area contributed by atoms with Crippen LogP contribution in [0.2, 0.25) is 10.0 Å². The fourth-order valence-electron chi connectivity index (χ4n) is 5.07. The minimum absolute atomic E-state index is 0.128. The maximum atomic E-state index is 6.91. The van der Waals surface area contributed by atoms with Crippen LogP contribution in [0.3, 0.4) is 0 Å². The van der Waals surface area contributed by atoms with E-state index in [1.807, 2.05) is 42.5 Å². The van der Waals surface area contributed by atoms with E-state index in [1.165, 1.54) is 11.1 Å². The molecule has 2 atom stereocenters. The molecule has 0 amide bonds. The third-order valence-electron chi connectivity index (χ3n) is 6.78. The summed E-state index contributed by atoms with van der Waals surface area (Å²) in [5, 5.41) is 5.69. The molecule has 0 spiro atoms. The first-order chi connectivity index (χ1) is 15.3. The van der Waals surface area contributed by atoms with Crippen LogP contribution >= 0.6 is 23.2 Å². The second-order valence-corrected chi connectivity index (χ2v) is 10.2. The zero-order chi connectivity index (χ0) is 22.6. The second-order valence-electron chi connectivity index (χ2n) is 9.39. The summed E-state index contributed by atoms with van der Waals surface area (Å²) in [6, 6.07) is 22.7. The summed E-state index contributed by atoms with van der Waals surface area (Å²) in [6.45, 7) is 11.0. The topological polar surface area (TPSA) is 27.8 Å². The number of para-hydroxylation sites is 1. The van der Waals surface area contributed by atoms with Gasteiger partial charge in [0.2, 0.25) is 0 Å². The Hall–Kier alpha value is -2.68. The third-order valence-corrected chi connectivity index (χ3v) is 7.50. The monoisotopic (exact) mass is 460 g/mol. The summed E-state index contributed by atoms with van der Waals surface area (Å²) in [4.78, 5) is 3.62. The van der Waals surface area contributed by atoms with Crippen molar-refractivity contribution in [3.63, 3.8) is 0 Å². The number of aromatic nitrogens is 1. The van der Waals surface area contributed by atoms with Crippen molar-refractivity contribution < 1.29 is 0 Å². The minimum atomic E-state index is 0.128. The number of aromatic amines is 1. The molecule has 0 radical (unpaired) electrons. The lowest BCUT2D eigenvalue weighted by atomic mass is 10.0. The Morgan fingerprint density at radius 3 is 2.44 bits per heavy atom. The molecule has 4 aromatic rings. The van der Waals surface area contributed by atoms with Gasteiger partial charge in [0.15, 0.2) is 0 Å². The first kappa shape index (κ1) is 21.2. The van der Waals surface area contributed by atoms with Gasteiger partial charge in [0.1, 0.15) is 0 Å². The summed E-state index contributed by atoms with van der Waals surface area (Å²) >= 11 is 13.6. The van der Waals surface area contributed by atoms with Crippen LogP contribution in [0.25, 0.3) is 16.6 Å². The van der Waals surface area contributed by atoms with Crippen molar-refractivity contribution in [2.75, 3.05) is 5.32 Å². The zero-order valence-electron chi connectivity index (χ0n) is 18.5. The number of benzene rings is 3. The Labute approximate surface area is 199 Å². The van der Waals surface area contributed by atoms with Crippen molar-refractivity contribution in [1.82, 2.24) is 4.98 Å². The SMILES string of the molecule is C=C(Nc1ccccc1)c1cc2[nH]c(C3C(c4cccc(C)c4)C3(C)C)c(Cl)c2cc1Cl. The fourth-order valence-corrected chi connectivity index (χ4v) is 5.67. The highest BCUT2D eigenvalue weighted by molar-refractivity contribution is 6.38. The standard InChI is InChI=1S/C28H26Cl2N2/c1-16-9-8-10-18(13-16)24-25(28(24,3)4)27-26(30)21-14-22(29)20(15-23(21)32-27)17(2)31-19-11-6-5-7-12-19/h5-15,24-25,31-32H,2H2,1,3-4H3. The summed E-state index contributed by atoms with van der Waals surface area (Å²) in [7, 11) is 0. The molecule has 1 saturated carbocycles. The summed E-state index contributed by atoms with van der Waals surface area (Å²) in [5.74, 6) is 0.759. The maximum absolute atomic E-state index is 6.91. The van der Waals surface area contributed by atoms with Crippen molar-refractivity contribution >= 4 is 45.5 Å². The van der Waals surface area contributed by atoms with E-state index in [1.54, 1.807) is 0 Å². The van der Waals surface area contributed by atoms with Gasteiger partial charge in [0.05, 0.1) is 10.0 Å². The molecule has 5 rings (SSSR count). The molecular weight excluding hydrogens is 435 g/mol. The van der Waals surface area contributed by atoms with E-state index in [2.05, 4.69) is 61.9 Å². The number of hydrogen-bond acceptors (Lipinski definition) is 1. The Balaban J connectivity index is 1.51. The van der Waals surface area contributed by atoms with Gasteiger partial charge in [-0.25, -0.2) is 0 Å². The highest BCUT2D eigenvalue weighted by Crippen LogP contribution is 2.70. The van der Waals surface area contributed by atoms with Crippen LogP contribution in [-0.2, 0) is 0 Å². The average Bonchev–Trinajstić information content (AvgIpc) is 3.20. The van der Waals surface area contributed by atoms with Gasteiger partial charge in [-0.05, 0) is 48.1 Å². The van der Waals surface area contributed by atoms with Crippen LogP contribution in [0, 0.1) is 12.3 Å². The molecular formula is C28H26Cl2N2. The van der Waals surface area contributed by atoms with Crippen LogP contribution in [0.5, 0.6) is 0 Å². The quantitative estimate of drug-likeness (QED) is 0.305. The second kappa shape index (κ2) is 7.72. The molecule has 0 bridgehead atoms. The molecule has 162 valence electrons. The number of fused-ring (bicyclic) bond motifs is 1. The molecule has 2 nitrogen and oxygen atoms in total. The normalized spacial score (nSPS) is 19.2. The average molecular weight is 461 g/mol. The van der Waals surface area contributed by atoms with Crippen molar-refractivity contribution in [3.8, 4) is 0 Å². The molecule has 1 heterocycles. The van der Waals surface area contributed by atoms with Crippen molar-refractivity contribution in [3.05, 3.63) is 106 Å². The first-order valence-corrected chi connectivity index (χ1v) is 11.6. The van der Waals surface area contributed by atoms with E-state index >= 15 is 0 Å². The van der Waals surface area contributed by atoms with Crippen molar-refractivity contribution in [1.29, 1.82) is 0 Å². The molecule has 1 aliphatic carbocycles. The van der Waals surface area contributed by atoms with Crippen LogP contribution < -0.4 is 5.32 Å². The molecule has 0 saturated heterocycles. The Bertz CT molecular complexity index is 1330. The summed E-state index contributed by atoms with van der Waals surface area (Å²) in [6.07, 6.45) is 0. The van der Waals surface area contributed by atoms with E-state index in [4.69, 9.17) is 23.2 Å². The van der Waals surface area contributed by atoms with Crippen LogP contribution in [0.4, 0.5) is 5.69 Å². The lowest BCUT2D eigenvalue weighted by Gasteiger charge is -2.11. The molecule has 2 N–H and O–H groups in total. The van der Waals surface area contributed by atoms with Crippen molar-refractivity contribution in [2.24, 2.45) is 5.41 Å². The van der Waals surface area contributed by atoms with Gasteiger partial charge >= 0.3 is 0 Å². The van der Waals surface area contributed by atoms with E-state index in [0.29, 0.717) is 16.9 Å². The molecule has 1 aromatic heterocycles. The van der Waals surface area contributed by atoms with E-state index in [9.17, 15) is 0 Å². The fraction of sp³-hybridized carbons (Fsp3) is 0.214. The van der Waals surface area contributed by atoms with Gasteiger partial charge < -0.3 is 10.3 Å². The molecule has 32 heavy (non-hydrogen) atoms. The number of hydrogen-bond donors (Lipinski definition) is 2. The molecule has 0 aliphatic heterocycles. The number of H-pyrrole nitrogens is 1. The van der Waals surface area contributed by atoms with E-state index < -0.39 is 0 Å². The number of aryl methyl sites for hydroxylation is 1. The lowest BCUT2D eigenvalue weighted by molar-refractivity contribution is 0.599. The first-order valence-electron chi connectivity index (χ1n) is 10.9. The highest BCUT2D eigenvalue weighted by atomic mass is 35.5. The highest BCUT2D eigenvalue weighted by Gasteiger charge is 2.60. The third kappa shape index (κ3) is 3.52. The Morgan fingerprint density at radius 1 is 0.969 bits per heavy atom. The Morgan fingerprint density at radius 2 is 1.72 bits per heavy atom.